The SMILES string of the molecule is C=C/C=C(\C)c1ccc(-n2c(C)c(/C=C(\CC)c3cccc4c5c(/C(C=C)=C/C=C\C)ccc(C)c5n(C(C)/C=C\C=C/C)c34)c3cc(-c4ccccc4)cc(C(/C=C\CC)=C/C)c32)cc1.CC.CC.CC.CC.c1ccccc1. The summed E-state index contributed by atoms with van der Waals surface area (Å²) in [6, 6.07) is 48.2. The van der Waals surface area contributed by atoms with Gasteiger partial charge in [0.05, 0.1) is 16.6 Å². The third-order valence-electron chi connectivity index (χ3n) is 13.5. The van der Waals surface area contributed by atoms with E-state index in [1.54, 1.807) is 0 Å². The Morgan fingerprint density at radius 2 is 1.21 bits per heavy atom. The van der Waals surface area contributed by atoms with E-state index in [0.29, 0.717) is 0 Å². The van der Waals surface area contributed by atoms with Gasteiger partial charge in [-0.1, -0.05) is 271 Å². The molecule has 0 aliphatic rings. The molecule has 1 unspecified atom stereocenters. The van der Waals surface area contributed by atoms with Crippen LogP contribution in [0.4, 0.5) is 0 Å². The highest BCUT2D eigenvalue weighted by atomic mass is 15.0. The third-order valence-corrected chi connectivity index (χ3v) is 13.5. The van der Waals surface area contributed by atoms with Crippen LogP contribution >= 0.6 is 0 Å². The van der Waals surface area contributed by atoms with Crippen molar-refractivity contribution in [2.45, 2.75) is 137 Å². The Morgan fingerprint density at radius 1 is 0.588 bits per heavy atom. The van der Waals surface area contributed by atoms with Crippen LogP contribution in [0.3, 0.4) is 0 Å². The number of fused-ring (bicyclic) bond motifs is 4. The summed E-state index contributed by atoms with van der Waals surface area (Å²) < 4.78 is 5.08. The zero-order valence-electron chi connectivity index (χ0n) is 52.1. The number of benzene rings is 6. The molecule has 0 fully saturated rings. The lowest BCUT2D eigenvalue weighted by molar-refractivity contribution is 0.708. The van der Waals surface area contributed by atoms with Crippen molar-refractivity contribution in [1.29, 1.82) is 0 Å². The summed E-state index contributed by atoms with van der Waals surface area (Å²) in [6.45, 7) is 44.0. The van der Waals surface area contributed by atoms with E-state index in [0.717, 1.165) is 24.1 Å². The average Bonchev–Trinajstić information content (AvgIpc) is 4.04. The second-order valence-corrected chi connectivity index (χ2v) is 18.2. The Hall–Kier alpha value is -7.94. The van der Waals surface area contributed by atoms with Crippen LogP contribution in [-0.4, -0.2) is 9.13 Å². The maximum atomic E-state index is 4.28. The molecule has 8 aromatic rings. The van der Waals surface area contributed by atoms with E-state index in [9.17, 15) is 0 Å². The van der Waals surface area contributed by atoms with E-state index < -0.39 is 0 Å². The van der Waals surface area contributed by atoms with Crippen molar-refractivity contribution in [3.63, 3.8) is 0 Å². The lowest BCUT2D eigenvalue weighted by atomic mass is 9.92. The molecule has 6 aromatic carbocycles. The van der Waals surface area contributed by atoms with E-state index >= 15 is 0 Å². The molecule has 2 nitrogen and oxygen atoms in total. The molecule has 418 valence electrons. The maximum absolute atomic E-state index is 4.28. The number of allylic oxidation sites excluding steroid dienone is 17. The van der Waals surface area contributed by atoms with Crippen molar-refractivity contribution in [3.8, 4) is 16.8 Å². The summed E-state index contributed by atoms with van der Waals surface area (Å²) in [7, 11) is 0. The van der Waals surface area contributed by atoms with Crippen LogP contribution in [-0.2, 0) is 0 Å². The summed E-state index contributed by atoms with van der Waals surface area (Å²) in [5.74, 6) is 0. The first-order valence-electron chi connectivity index (χ1n) is 29.7. The van der Waals surface area contributed by atoms with Gasteiger partial charge in [-0.25, -0.2) is 0 Å². The fourth-order valence-electron chi connectivity index (χ4n) is 9.94. The summed E-state index contributed by atoms with van der Waals surface area (Å²) in [5.41, 5.74) is 20.5. The number of nitrogens with zero attached hydrogens (tertiary/aromatic N) is 2. The Labute approximate surface area is 485 Å². The van der Waals surface area contributed by atoms with Crippen molar-refractivity contribution >= 4 is 61.1 Å². The Balaban J connectivity index is 0.00000108. The van der Waals surface area contributed by atoms with E-state index in [2.05, 4.69) is 255 Å². The van der Waals surface area contributed by atoms with Crippen LogP contribution in [0.5, 0.6) is 0 Å². The summed E-state index contributed by atoms with van der Waals surface area (Å²) in [5, 5.41) is 3.73. The number of aryl methyl sites for hydroxylation is 1. The van der Waals surface area contributed by atoms with E-state index in [4.69, 9.17) is 0 Å². The molecule has 0 spiro atoms. The molecule has 2 aromatic heterocycles. The topological polar surface area (TPSA) is 9.86 Å². The minimum Gasteiger partial charge on any atom is -0.333 e. The van der Waals surface area contributed by atoms with Crippen LogP contribution in [0, 0.1) is 13.8 Å². The van der Waals surface area contributed by atoms with Gasteiger partial charge in [-0.3, -0.25) is 0 Å². The van der Waals surface area contributed by atoms with Crippen molar-refractivity contribution < 1.29 is 0 Å². The van der Waals surface area contributed by atoms with Gasteiger partial charge in [0.1, 0.15) is 0 Å². The van der Waals surface area contributed by atoms with Crippen LogP contribution in [0.25, 0.3) is 77.9 Å². The highest BCUT2D eigenvalue weighted by Gasteiger charge is 2.25. The first-order chi connectivity index (χ1) is 39.1. The van der Waals surface area contributed by atoms with Crippen LogP contribution < -0.4 is 0 Å². The predicted molar refractivity (Wildman–Crippen MR) is 366 cm³/mol. The highest BCUT2D eigenvalue weighted by molar-refractivity contribution is 6.17. The third kappa shape index (κ3) is 15.9. The predicted octanol–water partition coefficient (Wildman–Crippen LogP) is 24.6. The van der Waals surface area contributed by atoms with Gasteiger partial charge in [-0.05, 0) is 142 Å². The first-order valence-corrected chi connectivity index (χ1v) is 29.7. The van der Waals surface area contributed by atoms with Gasteiger partial charge in [-0.15, -0.1) is 0 Å². The Bertz CT molecular complexity index is 3410. The second-order valence-electron chi connectivity index (χ2n) is 18.2. The van der Waals surface area contributed by atoms with Crippen molar-refractivity contribution in [1.82, 2.24) is 9.13 Å². The molecular formula is C78H96N2. The van der Waals surface area contributed by atoms with Gasteiger partial charge in [0.25, 0.3) is 0 Å². The van der Waals surface area contributed by atoms with Gasteiger partial charge in [0.2, 0.25) is 0 Å². The number of aromatic nitrogens is 2. The highest BCUT2D eigenvalue weighted by Crippen LogP contribution is 2.45. The molecule has 1 atom stereocenters. The van der Waals surface area contributed by atoms with Gasteiger partial charge < -0.3 is 9.13 Å². The molecule has 8 rings (SSSR count). The molecule has 0 N–H and O–H groups in total. The van der Waals surface area contributed by atoms with Gasteiger partial charge in [-0.2, -0.15) is 0 Å². The first kappa shape index (κ1) is 66.3. The van der Waals surface area contributed by atoms with E-state index in [-0.39, 0.29) is 6.04 Å². The zero-order chi connectivity index (χ0) is 59.1. The molecule has 2 heteroatoms. The van der Waals surface area contributed by atoms with Gasteiger partial charge in [0, 0.05) is 50.3 Å². The minimum absolute atomic E-state index is 0.0732. The monoisotopic (exact) mass is 1060 g/mol. The molecule has 0 aliphatic heterocycles. The Morgan fingerprint density at radius 3 is 1.77 bits per heavy atom. The number of hydrogen-bond donors (Lipinski definition) is 0. The number of rotatable bonds is 16. The molecule has 0 bridgehead atoms. The molecule has 0 radical (unpaired) electrons. The van der Waals surface area contributed by atoms with Crippen molar-refractivity contribution in [2.75, 3.05) is 0 Å². The quantitative estimate of drug-likeness (QED) is 0.0854. The standard InChI is InChI=1S/C64H66N2.C6H6.4C2H6/c1-12-19-23-28-46(10)65-62-45(9)35-40-55(48(16-5)29-20-13-2)61(62)57-34-26-33-56(63(57)65)50(18-7)41-58-47(11)66(54-38-36-51(37-39-54)44(8)27-15-4)64-59(49(17-6)30-21-14-3)42-53(43-60(58)64)52-31-24-22-25-32-52;1-2-4-6-5-3-1;4*1-2/h12-13,15-17,19-43,46H,4-5,14,18H2,1-3,6-11H3;1-6H;4*1-2H3/b19-12-,20-13-,28-23-,30-21-,44-27+,48-29+,49-17+,50-41+;;;;;. The normalized spacial score (nSPS) is 12.3. The smallest absolute Gasteiger partial charge is 0.0616 e. The van der Waals surface area contributed by atoms with Crippen LogP contribution in [0.15, 0.2) is 226 Å². The van der Waals surface area contributed by atoms with E-state index in [1.165, 1.54) is 99.6 Å². The molecule has 0 amide bonds. The number of hydrogen-bond acceptors (Lipinski definition) is 0. The van der Waals surface area contributed by atoms with Crippen molar-refractivity contribution in [3.05, 3.63) is 265 Å². The second kappa shape index (κ2) is 35.5. The van der Waals surface area contributed by atoms with Crippen LogP contribution in [0.2, 0.25) is 0 Å². The maximum Gasteiger partial charge on any atom is 0.0616 e. The molecule has 0 aliphatic carbocycles. The summed E-state index contributed by atoms with van der Waals surface area (Å²) >= 11 is 0. The largest absolute Gasteiger partial charge is 0.333 e. The van der Waals surface area contributed by atoms with Crippen LogP contribution in [0.1, 0.15) is 162 Å². The van der Waals surface area contributed by atoms with E-state index in [1.807, 2.05) is 104 Å². The minimum atomic E-state index is 0.0732. The Kier molecular flexibility index (Phi) is 29.5. The van der Waals surface area contributed by atoms with Crippen molar-refractivity contribution in [2.24, 2.45) is 0 Å². The molecule has 80 heavy (non-hydrogen) atoms. The van der Waals surface area contributed by atoms with Gasteiger partial charge >= 0.3 is 0 Å². The molecule has 0 saturated heterocycles. The fraction of sp³-hybridized carbons (Fsp3) is 0.256. The lowest BCUT2D eigenvalue weighted by Gasteiger charge is -2.18. The number of para-hydroxylation sites is 1. The van der Waals surface area contributed by atoms with Gasteiger partial charge in [0.15, 0.2) is 0 Å². The summed E-state index contributed by atoms with van der Waals surface area (Å²) in [4.78, 5) is 0. The average molecular weight is 1060 g/mol. The fourth-order valence-corrected chi connectivity index (χ4v) is 9.94. The zero-order valence-corrected chi connectivity index (χ0v) is 52.1. The molecular weight excluding hydrogens is 965 g/mol. The summed E-state index contributed by atoms with van der Waals surface area (Å²) in [6.07, 6.45) is 32.1. The lowest BCUT2D eigenvalue weighted by Crippen LogP contribution is -2.05. The molecule has 0 saturated carbocycles. The molecule has 2 heterocycles.